The molecule has 0 radical (unpaired) electrons. The molecule has 0 aromatic heterocycles. The molecule has 0 fully saturated rings. The maximum atomic E-state index is 10.5. The number of fused-ring (bicyclic) bond motifs is 1. The molecule has 2 aromatic carbocycles. The van der Waals surface area contributed by atoms with Gasteiger partial charge in [0.15, 0.2) is 0 Å². The Hall–Kier alpha value is -2.10. The van der Waals surface area contributed by atoms with Crippen molar-refractivity contribution in [2.45, 2.75) is 32.0 Å². The predicted molar refractivity (Wildman–Crippen MR) is 95.0 cm³/mol. The minimum Gasteiger partial charge on any atom is -0.507 e. The molecule has 0 saturated heterocycles. The Balaban J connectivity index is 2.22. The molecular weight excluding hydrogens is 304 g/mol. The van der Waals surface area contributed by atoms with E-state index in [2.05, 4.69) is 5.73 Å². The second-order valence-electron chi connectivity index (χ2n) is 5.91. The number of ether oxygens (including phenoxy) is 1. The third-order valence-electron chi connectivity index (χ3n) is 3.80. The Kier molecular flexibility index (Phi) is 6.59. The summed E-state index contributed by atoms with van der Waals surface area (Å²) in [6, 6.07) is 10.8. The normalized spacial score (nSPS) is 13.3. The zero-order chi connectivity index (χ0) is 17.5. The van der Waals surface area contributed by atoms with Crippen LogP contribution in [0.4, 0.5) is 0 Å². The van der Waals surface area contributed by atoms with Crippen molar-refractivity contribution in [1.82, 2.24) is 0 Å². The lowest BCUT2D eigenvalue weighted by atomic mass is 9.98. The van der Waals surface area contributed by atoms with Crippen LogP contribution >= 0.6 is 0 Å². The van der Waals surface area contributed by atoms with E-state index in [0.29, 0.717) is 19.4 Å². The minimum atomic E-state index is -0.696. The van der Waals surface area contributed by atoms with E-state index in [9.17, 15) is 15.3 Å². The van der Waals surface area contributed by atoms with Gasteiger partial charge < -0.3 is 20.1 Å². The molecule has 0 aliphatic heterocycles. The Labute approximate surface area is 142 Å². The molecule has 0 amide bonds. The first-order valence-corrected chi connectivity index (χ1v) is 8.01. The summed E-state index contributed by atoms with van der Waals surface area (Å²) in [5, 5.41) is 31.5. The third-order valence-corrected chi connectivity index (χ3v) is 3.80. The maximum absolute atomic E-state index is 10.5. The van der Waals surface area contributed by atoms with E-state index in [4.69, 9.17) is 4.74 Å². The van der Waals surface area contributed by atoms with Crippen LogP contribution in [-0.2, 0) is 4.74 Å². The summed E-state index contributed by atoms with van der Waals surface area (Å²) in [5.41, 5.74) is 4.73. The molecule has 3 N–H and O–H groups in total. The monoisotopic (exact) mass is 328 g/mol. The van der Waals surface area contributed by atoms with Crippen LogP contribution in [0, 0.1) is 0 Å². The lowest BCUT2D eigenvalue weighted by Crippen LogP contribution is -2.04. The molecule has 0 spiro atoms. The number of aromatic hydroxyl groups is 1. The summed E-state index contributed by atoms with van der Waals surface area (Å²) in [4.78, 5) is 0. The summed E-state index contributed by atoms with van der Waals surface area (Å²) in [6.07, 6.45) is 1.49. The number of aliphatic hydroxyl groups is 2. The van der Waals surface area contributed by atoms with Gasteiger partial charge >= 0.3 is 0 Å². The summed E-state index contributed by atoms with van der Waals surface area (Å²) in [6.45, 7) is 2.12. The van der Waals surface area contributed by atoms with Gasteiger partial charge in [0.25, 0.3) is 0 Å². The van der Waals surface area contributed by atoms with Gasteiger partial charge in [-0.3, -0.25) is 0 Å². The van der Waals surface area contributed by atoms with Gasteiger partial charge in [-0.25, -0.2) is 0 Å². The summed E-state index contributed by atoms with van der Waals surface area (Å²) in [5.74, 6) is 0.205. The van der Waals surface area contributed by atoms with Gasteiger partial charge in [-0.1, -0.05) is 30.3 Å². The highest BCUT2D eigenvalue weighted by molar-refractivity contribution is 5.91. The van der Waals surface area contributed by atoms with Crippen molar-refractivity contribution in [1.29, 1.82) is 0 Å². The van der Waals surface area contributed by atoms with E-state index < -0.39 is 12.2 Å². The van der Waals surface area contributed by atoms with Crippen LogP contribution < -0.4 is 0 Å². The van der Waals surface area contributed by atoms with Gasteiger partial charge in [-0.15, -0.1) is 5.73 Å². The second kappa shape index (κ2) is 8.67. The van der Waals surface area contributed by atoms with Gasteiger partial charge in [-0.05, 0) is 35.6 Å². The van der Waals surface area contributed by atoms with E-state index in [1.807, 2.05) is 24.3 Å². The van der Waals surface area contributed by atoms with Crippen LogP contribution in [0.2, 0.25) is 0 Å². The molecule has 2 rings (SSSR count). The number of benzene rings is 2. The number of phenolic OH excluding ortho intramolecular Hbond substituents is 1. The van der Waals surface area contributed by atoms with E-state index in [-0.39, 0.29) is 5.75 Å². The standard InChI is InChI=1S/C20H24O4/c1-14(21)12-15(13-24-2)6-5-9-19(22)18-10-11-20(23)17-8-4-3-7-16(17)18/h3-5,7-8,10-11,14,19,21-23H,9,12-13H2,1-2H3/t6?,14-,19+/m0/s1. The smallest absolute Gasteiger partial charge is 0.123 e. The lowest BCUT2D eigenvalue weighted by Gasteiger charge is -2.12. The van der Waals surface area contributed by atoms with Gasteiger partial charge in [0, 0.05) is 25.3 Å². The second-order valence-corrected chi connectivity index (χ2v) is 5.91. The highest BCUT2D eigenvalue weighted by Crippen LogP contribution is 2.32. The average molecular weight is 328 g/mol. The van der Waals surface area contributed by atoms with E-state index >= 15 is 0 Å². The van der Waals surface area contributed by atoms with Crippen molar-refractivity contribution in [2.75, 3.05) is 13.7 Å². The van der Waals surface area contributed by atoms with E-state index in [1.165, 1.54) is 0 Å². The number of hydrogen-bond donors (Lipinski definition) is 3. The van der Waals surface area contributed by atoms with Gasteiger partial charge in [0.05, 0.1) is 18.8 Å². The molecule has 2 atom stereocenters. The Morgan fingerprint density at radius 3 is 2.54 bits per heavy atom. The van der Waals surface area contributed by atoms with E-state index in [1.54, 1.807) is 32.2 Å². The SMILES string of the molecule is COCC(=C=CC[C@@H](O)c1ccc(O)c2ccccc12)C[C@H](C)O. The fourth-order valence-corrected chi connectivity index (χ4v) is 2.73. The fourth-order valence-electron chi connectivity index (χ4n) is 2.73. The van der Waals surface area contributed by atoms with Crippen molar-refractivity contribution in [3.8, 4) is 5.75 Å². The minimum absolute atomic E-state index is 0.205. The first-order valence-electron chi connectivity index (χ1n) is 8.01. The van der Waals surface area contributed by atoms with Crippen LogP contribution in [0.15, 0.2) is 53.8 Å². The van der Waals surface area contributed by atoms with Crippen molar-refractivity contribution in [2.24, 2.45) is 0 Å². The Morgan fingerprint density at radius 2 is 1.88 bits per heavy atom. The Bertz CT molecular complexity index is 742. The fraction of sp³-hybridized carbons (Fsp3) is 0.350. The molecule has 0 heterocycles. The first kappa shape index (κ1) is 18.2. The van der Waals surface area contributed by atoms with Crippen LogP contribution in [0.5, 0.6) is 5.75 Å². The predicted octanol–water partition coefficient (Wildman–Crippen LogP) is 3.47. The number of phenols is 1. The van der Waals surface area contributed by atoms with Gasteiger partial charge in [0.2, 0.25) is 0 Å². The number of aliphatic hydroxyl groups excluding tert-OH is 2. The molecule has 0 unspecified atom stereocenters. The summed E-state index contributed by atoms with van der Waals surface area (Å²) < 4.78 is 5.10. The molecule has 0 aliphatic carbocycles. The summed E-state index contributed by atoms with van der Waals surface area (Å²) >= 11 is 0. The van der Waals surface area contributed by atoms with Crippen molar-refractivity contribution in [3.05, 3.63) is 59.3 Å². The average Bonchev–Trinajstić information content (AvgIpc) is 2.55. The van der Waals surface area contributed by atoms with Crippen LogP contribution in [0.25, 0.3) is 10.8 Å². The van der Waals surface area contributed by atoms with E-state index in [0.717, 1.165) is 21.9 Å². The molecular formula is C20H24O4. The highest BCUT2D eigenvalue weighted by atomic mass is 16.5. The molecule has 4 heteroatoms. The van der Waals surface area contributed by atoms with Gasteiger partial charge in [0.1, 0.15) is 5.75 Å². The lowest BCUT2D eigenvalue weighted by molar-refractivity contribution is 0.177. The molecule has 0 saturated carbocycles. The quantitative estimate of drug-likeness (QED) is 0.681. The zero-order valence-electron chi connectivity index (χ0n) is 14.1. The molecule has 2 aromatic rings. The number of rotatable bonds is 7. The van der Waals surface area contributed by atoms with Gasteiger partial charge in [-0.2, -0.15) is 0 Å². The molecule has 0 bridgehead atoms. The first-order chi connectivity index (χ1) is 11.5. The largest absolute Gasteiger partial charge is 0.507 e. The van der Waals surface area contributed by atoms with Crippen LogP contribution in [-0.4, -0.2) is 35.1 Å². The molecule has 0 aliphatic rings. The topological polar surface area (TPSA) is 69.9 Å². The highest BCUT2D eigenvalue weighted by Gasteiger charge is 2.11. The Morgan fingerprint density at radius 1 is 1.17 bits per heavy atom. The molecule has 24 heavy (non-hydrogen) atoms. The molecule has 4 nitrogen and oxygen atoms in total. The van der Waals surface area contributed by atoms with Crippen LogP contribution in [0.1, 0.15) is 31.4 Å². The number of methoxy groups -OCH3 is 1. The summed E-state index contributed by atoms with van der Waals surface area (Å²) in [7, 11) is 1.60. The zero-order valence-corrected chi connectivity index (χ0v) is 14.1. The van der Waals surface area contributed by atoms with Crippen molar-refractivity contribution >= 4 is 10.8 Å². The molecule has 128 valence electrons. The third kappa shape index (κ3) is 4.70. The van der Waals surface area contributed by atoms with Crippen molar-refractivity contribution < 1.29 is 20.1 Å². The number of hydrogen-bond acceptors (Lipinski definition) is 4. The van der Waals surface area contributed by atoms with Crippen molar-refractivity contribution in [3.63, 3.8) is 0 Å². The van der Waals surface area contributed by atoms with Crippen LogP contribution in [0.3, 0.4) is 0 Å². The maximum Gasteiger partial charge on any atom is 0.123 e.